The normalized spacial score (nSPS) is 15.8. The topological polar surface area (TPSA) is 95.1 Å². The molecule has 0 bridgehead atoms. The first kappa shape index (κ1) is 18.1. The maximum absolute atomic E-state index is 12.2. The number of rotatable bonds is 4. The van der Waals surface area contributed by atoms with Crippen molar-refractivity contribution in [3.63, 3.8) is 0 Å². The highest BCUT2D eigenvalue weighted by atomic mass is 35.5. The second-order valence-corrected chi connectivity index (χ2v) is 6.85. The molecule has 2 heterocycles. The molecule has 0 aliphatic carbocycles. The van der Waals surface area contributed by atoms with Crippen LogP contribution in [0.3, 0.4) is 0 Å². The molecule has 4 rings (SSSR count). The Bertz CT molecular complexity index is 1090. The number of carbonyl (C=O) groups is 1. The van der Waals surface area contributed by atoms with E-state index in [2.05, 4.69) is 15.4 Å². The summed E-state index contributed by atoms with van der Waals surface area (Å²) in [6.07, 6.45) is 0. The van der Waals surface area contributed by atoms with Gasteiger partial charge in [-0.1, -0.05) is 23.7 Å². The summed E-state index contributed by atoms with van der Waals surface area (Å²) in [5.74, 6) is 1.20. The van der Waals surface area contributed by atoms with Crippen LogP contribution in [0, 0.1) is 0 Å². The predicted octanol–water partition coefficient (Wildman–Crippen LogP) is 3.38. The summed E-state index contributed by atoms with van der Waals surface area (Å²) in [7, 11) is 1.59. The second-order valence-electron chi connectivity index (χ2n) is 6.42. The Kier molecular flexibility index (Phi) is 4.52. The molecule has 1 aromatic heterocycles. The summed E-state index contributed by atoms with van der Waals surface area (Å²) in [5.41, 5.74) is 8.41. The van der Waals surface area contributed by atoms with Gasteiger partial charge < -0.3 is 15.8 Å². The number of carbonyl (C=O) groups excluding carboxylic acids is 1. The average Bonchev–Trinajstić information content (AvgIpc) is 3.10. The molecule has 8 heteroatoms. The lowest BCUT2D eigenvalue weighted by Gasteiger charge is -2.27. The van der Waals surface area contributed by atoms with Crippen molar-refractivity contribution in [2.45, 2.75) is 13.0 Å². The van der Waals surface area contributed by atoms with Gasteiger partial charge in [0.15, 0.2) is 5.82 Å². The average molecular weight is 396 g/mol. The third-order valence-corrected chi connectivity index (χ3v) is 4.88. The van der Waals surface area contributed by atoms with E-state index < -0.39 is 11.9 Å². The Morgan fingerprint density at radius 2 is 2.00 bits per heavy atom. The van der Waals surface area contributed by atoms with Gasteiger partial charge in [0.1, 0.15) is 11.8 Å². The smallest absolute Gasteiger partial charge is 0.248 e. The van der Waals surface area contributed by atoms with E-state index in [1.165, 1.54) is 0 Å². The van der Waals surface area contributed by atoms with Crippen molar-refractivity contribution in [3.8, 4) is 17.1 Å². The molecular weight excluding hydrogens is 378 g/mol. The van der Waals surface area contributed by atoms with Crippen LogP contribution in [-0.4, -0.2) is 27.8 Å². The summed E-state index contributed by atoms with van der Waals surface area (Å²) in [4.78, 5) is 16.8. The van der Waals surface area contributed by atoms with Crippen LogP contribution in [0.5, 0.6) is 5.75 Å². The van der Waals surface area contributed by atoms with Crippen LogP contribution in [-0.2, 0) is 4.79 Å². The molecule has 0 saturated carbocycles. The molecule has 0 saturated heterocycles. The van der Waals surface area contributed by atoms with E-state index in [1.54, 1.807) is 30.8 Å². The van der Waals surface area contributed by atoms with Crippen LogP contribution in [0.1, 0.15) is 18.5 Å². The van der Waals surface area contributed by atoms with E-state index in [0.29, 0.717) is 33.8 Å². The zero-order valence-corrected chi connectivity index (χ0v) is 16.1. The van der Waals surface area contributed by atoms with Gasteiger partial charge in [-0.15, -0.1) is 5.10 Å². The third kappa shape index (κ3) is 3.10. The number of halogens is 1. The fraction of sp³-hybridized carbons (Fsp3) is 0.150. The van der Waals surface area contributed by atoms with Crippen molar-refractivity contribution in [1.82, 2.24) is 14.8 Å². The SMILES string of the molecule is COc1cccc(C2C(C(N)=O)=C(C)Nc3nc(-c4ccc(Cl)cc4)nn32)c1. The molecule has 1 unspecified atom stereocenters. The van der Waals surface area contributed by atoms with E-state index in [0.717, 1.165) is 11.1 Å². The molecule has 28 heavy (non-hydrogen) atoms. The Balaban J connectivity index is 1.87. The highest BCUT2D eigenvalue weighted by Gasteiger charge is 2.33. The van der Waals surface area contributed by atoms with Crippen molar-refractivity contribution in [2.75, 3.05) is 12.4 Å². The monoisotopic (exact) mass is 395 g/mol. The number of allylic oxidation sites excluding steroid dienone is 1. The quantitative estimate of drug-likeness (QED) is 0.706. The van der Waals surface area contributed by atoms with Gasteiger partial charge in [0.2, 0.25) is 11.9 Å². The minimum Gasteiger partial charge on any atom is -0.497 e. The maximum atomic E-state index is 12.2. The van der Waals surface area contributed by atoms with E-state index in [9.17, 15) is 4.79 Å². The lowest BCUT2D eigenvalue weighted by atomic mass is 9.95. The zero-order valence-electron chi connectivity index (χ0n) is 15.3. The number of nitrogens with one attached hydrogen (secondary N) is 1. The van der Waals surface area contributed by atoms with Gasteiger partial charge in [-0.2, -0.15) is 4.98 Å². The van der Waals surface area contributed by atoms with Gasteiger partial charge in [0.05, 0.1) is 12.7 Å². The molecule has 1 aliphatic rings. The minimum atomic E-state index is -0.521. The Labute approximate surface area is 166 Å². The highest BCUT2D eigenvalue weighted by molar-refractivity contribution is 6.30. The van der Waals surface area contributed by atoms with Gasteiger partial charge in [-0.25, -0.2) is 4.68 Å². The lowest BCUT2D eigenvalue weighted by molar-refractivity contribution is -0.115. The number of ether oxygens (including phenoxy) is 1. The van der Waals surface area contributed by atoms with Gasteiger partial charge >= 0.3 is 0 Å². The Morgan fingerprint density at radius 1 is 1.25 bits per heavy atom. The summed E-state index contributed by atoms with van der Waals surface area (Å²) >= 11 is 5.98. The zero-order chi connectivity index (χ0) is 19.8. The Hall–Kier alpha value is -3.32. The summed E-state index contributed by atoms with van der Waals surface area (Å²) < 4.78 is 7.01. The first-order chi connectivity index (χ1) is 13.5. The molecule has 1 atom stereocenters. The number of amides is 1. The first-order valence-electron chi connectivity index (χ1n) is 8.62. The van der Waals surface area contributed by atoms with E-state index in [4.69, 9.17) is 22.1 Å². The number of anilines is 1. The predicted molar refractivity (Wildman–Crippen MR) is 107 cm³/mol. The van der Waals surface area contributed by atoms with E-state index >= 15 is 0 Å². The standard InChI is InChI=1S/C20H18ClN5O2/c1-11-16(18(22)27)17(13-4-3-5-15(10-13)28-2)26-20(23-11)24-19(25-26)12-6-8-14(21)9-7-12/h3-10,17H,1-2H3,(H2,22,27)(H,23,24,25). The van der Waals surface area contributed by atoms with Crippen LogP contribution < -0.4 is 15.8 Å². The molecule has 7 nitrogen and oxygen atoms in total. The minimum absolute atomic E-state index is 0.424. The highest BCUT2D eigenvalue weighted by Crippen LogP contribution is 2.37. The number of aromatic nitrogens is 3. The Morgan fingerprint density at radius 3 is 2.68 bits per heavy atom. The summed E-state index contributed by atoms with van der Waals surface area (Å²) in [5, 5.41) is 8.41. The fourth-order valence-electron chi connectivity index (χ4n) is 3.31. The molecule has 0 radical (unpaired) electrons. The molecular formula is C20H18ClN5O2. The number of hydrogen-bond acceptors (Lipinski definition) is 5. The number of benzene rings is 2. The second kappa shape index (κ2) is 7.01. The maximum Gasteiger partial charge on any atom is 0.248 e. The molecule has 1 aliphatic heterocycles. The van der Waals surface area contributed by atoms with Crippen LogP contribution in [0.25, 0.3) is 11.4 Å². The summed E-state index contributed by atoms with van der Waals surface area (Å²) in [6, 6.07) is 14.2. The van der Waals surface area contributed by atoms with Crippen molar-refractivity contribution < 1.29 is 9.53 Å². The molecule has 0 fully saturated rings. The first-order valence-corrected chi connectivity index (χ1v) is 8.99. The van der Waals surface area contributed by atoms with Crippen LogP contribution in [0.2, 0.25) is 5.02 Å². The molecule has 142 valence electrons. The molecule has 3 aromatic rings. The third-order valence-electron chi connectivity index (χ3n) is 4.63. The van der Waals surface area contributed by atoms with E-state index in [-0.39, 0.29) is 0 Å². The van der Waals surface area contributed by atoms with Gasteiger partial charge in [-0.3, -0.25) is 4.79 Å². The number of primary amides is 1. The largest absolute Gasteiger partial charge is 0.497 e. The number of hydrogen-bond donors (Lipinski definition) is 2. The van der Waals surface area contributed by atoms with Crippen molar-refractivity contribution in [2.24, 2.45) is 5.73 Å². The number of fused-ring (bicyclic) bond motifs is 1. The van der Waals surface area contributed by atoms with Crippen LogP contribution in [0.4, 0.5) is 5.95 Å². The summed E-state index contributed by atoms with van der Waals surface area (Å²) in [6.45, 7) is 1.80. The lowest BCUT2D eigenvalue weighted by Crippen LogP contribution is -2.31. The van der Waals surface area contributed by atoms with Gasteiger partial charge in [0, 0.05) is 16.3 Å². The molecule has 3 N–H and O–H groups in total. The fourth-order valence-corrected chi connectivity index (χ4v) is 3.44. The number of nitrogens with two attached hydrogens (primary N) is 1. The molecule has 2 aromatic carbocycles. The molecule has 0 spiro atoms. The molecule has 1 amide bonds. The number of methoxy groups -OCH3 is 1. The van der Waals surface area contributed by atoms with Crippen molar-refractivity contribution >= 4 is 23.5 Å². The van der Waals surface area contributed by atoms with Gasteiger partial charge in [0.25, 0.3) is 0 Å². The van der Waals surface area contributed by atoms with Crippen molar-refractivity contribution in [1.29, 1.82) is 0 Å². The van der Waals surface area contributed by atoms with Gasteiger partial charge in [-0.05, 0) is 48.9 Å². The van der Waals surface area contributed by atoms with Crippen LogP contribution in [0.15, 0.2) is 59.8 Å². The van der Waals surface area contributed by atoms with E-state index in [1.807, 2.05) is 36.4 Å². The van der Waals surface area contributed by atoms with Crippen molar-refractivity contribution in [3.05, 3.63) is 70.4 Å². The number of nitrogens with zero attached hydrogens (tertiary/aromatic N) is 3. The van der Waals surface area contributed by atoms with Crippen LogP contribution >= 0.6 is 11.6 Å².